The van der Waals surface area contributed by atoms with Gasteiger partial charge < -0.3 is 20.3 Å². The second-order valence-electron chi connectivity index (χ2n) is 24.6. The van der Waals surface area contributed by atoms with Crippen LogP contribution in [0.4, 0.5) is 0 Å². The van der Waals surface area contributed by atoms with Gasteiger partial charge in [-0.05, 0) is 83.5 Å². The standard InChI is InChI=1S/C73H139NO5/c1-3-5-7-9-11-13-14-15-16-17-38-41-44-47-51-55-59-63-67-73(78)79-68-64-60-56-52-48-45-42-39-36-34-32-30-28-26-24-22-20-18-19-21-23-25-27-29-31-33-35-37-40-43-46-50-54-58-62-66-72(77)74-70(69-75)71(76)65-61-57-53-49-12-10-8-6-4-2/h13-14,16-17,20,22,70-71,75-76H,3-12,15,18-19,21,23-69H2,1-2H3,(H,74,77)/b14-13-,17-16-,22-20-. The highest BCUT2D eigenvalue weighted by Gasteiger charge is 2.20. The van der Waals surface area contributed by atoms with E-state index in [1.54, 1.807) is 0 Å². The van der Waals surface area contributed by atoms with Gasteiger partial charge in [0.05, 0.1) is 25.4 Å². The normalized spacial score (nSPS) is 12.7. The summed E-state index contributed by atoms with van der Waals surface area (Å²) in [5.74, 6) is -0.0193. The Bertz CT molecular complexity index is 1280. The van der Waals surface area contributed by atoms with E-state index in [2.05, 4.69) is 55.6 Å². The topological polar surface area (TPSA) is 95.9 Å². The van der Waals surface area contributed by atoms with Crippen LogP contribution in [0, 0.1) is 0 Å². The number of allylic oxidation sites excluding steroid dienone is 6. The highest BCUT2D eigenvalue weighted by atomic mass is 16.5. The molecule has 0 aromatic carbocycles. The molecule has 0 aromatic heterocycles. The summed E-state index contributed by atoms with van der Waals surface area (Å²) in [5.41, 5.74) is 0. The number of rotatable bonds is 67. The second-order valence-corrected chi connectivity index (χ2v) is 24.6. The second kappa shape index (κ2) is 68.6. The van der Waals surface area contributed by atoms with Gasteiger partial charge in [0, 0.05) is 12.8 Å². The van der Waals surface area contributed by atoms with E-state index >= 15 is 0 Å². The number of esters is 1. The van der Waals surface area contributed by atoms with Gasteiger partial charge in [0.15, 0.2) is 0 Å². The van der Waals surface area contributed by atoms with E-state index in [9.17, 15) is 19.8 Å². The lowest BCUT2D eigenvalue weighted by atomic mass is 10.0. The molecule has 0 rings (SSSR count). The molecule has 0 heterocycles. The molecule has 0 radical (unpaired) electrons. The Kier molecular flexibility index (Phi) is 66.9. The van der Waals surface area contributed by atoms with Crippen LogP contribution in [0.1, 0.15) is 393 Å². The lowest BCUT2D eigenvalue weighted by Crippen LogP contribution is -2.45. The van der Waals surface area contributed by atoms with E-state index in [1.807, 2.05) is 0 Å². The van der Waals surface area contributed by atoms with Crippen molar-refractivity contribution < 1.29 is 24.5 Å². The summed E-state index contributed by atoms with van der Waals surface area (Å²) < 4.78 is 5.50. The van der Waals surface area contributed by atoms with E-state index in [0.29, 0.717) is 25.9 Å². The van der Waals surface area contributed by atoms with Gasteiger partial charge in [-0.25, -0.2) is 0 Å². The van der Waals surface area contributed by atoms with E-state index in [4.69, 9.17) is 4.74 Å². The van der Waals surface area contributed by atoms with E-state index < -0.39 is 12.1 Å². The third-order valence-corrected chi connectivity index (χ3v) is 16.7. The Labute approximate surface area is 494 Å². The van der Waals surface area contributed by atoms with Crippen LogP contribution in [0.2, 0.25) is 0 Å². The largest absolute Gasteiger partial charge is 0.466 e. The third-order valence-electron chi connectivity index (χ3n) is 16.7. The number of carbonyl (C=O) groups is 2. The van der Waals surface area contributed by atoms with Crippen molar-refractivity contribution in [2.45, 2.75) is 405 Å². The van der Waals surface area contributed by atoms with Crippen LogP contribution < -0.4 is 5.32 Å². The predicted octanol–water partition coefficient (Wildman–Crippen LogP) is 23.1. The van der Waals surface area contributed by atoms with Gasteiger partial charge in [-0.3, -0.25) is 9.59 Å². The van der Waals surface area contributed by atoms with E-state index in [0.717, 1.165) is 51.4 Å². The summed E-state index contributed by atoms with van der Waals surface area (Å²) in [5, 5.41) is 23.1. The molecule has 6 nitrogen and oxygen atoms in total. The number of aliphatic hydroxyl groups is 2. The molecule has 2 unspecified atom stereocenters. The molecule has 0 aromatic rings. The molecule has 0 fully saturated rings. The monoisotopic (exact) mass is 1110 g/mol. The molecule has 0 saturated heterocycles. The first-order chi connectivity index (χ1) is 39.0. The van der Waals surface area contributed by atoms with Gasteiger partial charge in [-0.15, -0.1) is 0 Å². The number of amides is 1. The average Bonchev–Trinajstić information content (AvgIpc) is 3.45. The fourth-order valence-corrected chi connectivity index (χ4v) is 11.2. The van der Waals surface area contributed by atoms with E-state index in [1.165, 1.54) is 308 Å². The molecular weight excluding hydrogens is 971 g/mol. The first-order valence-electron chi connectivity index (χ1n) is 35.7. The van der Waals surface area contributed by atoms with Crippen LogP contribution in [-0.2, 0) is 14.3 Å². The van der Waals surface area contributed by atoms with Crippen molar-refractivity contribution in [1.29, 1.82) is 0 Å². The van der Waals surface area contributed by atoms with Crippen molar-refractivity contribution in [3.63, 3.8) is 0 Å². The van der Waals surface area contributed by atoms with Crippen molar-refractivity contribution in [2.24, 2.45) is 0 Å². The molecular formula is C73H139NO5. The van der Waals surface area contributed by atoms with Crippen LogP contribution in [0.3, 0.4) is 0 Å². The van der Waals surface area contributed by atoms with Crippen LogP contribution >= 0.6 is 0 Å². The molecule has 0 aliphatic rings. The molecule has 0 bridgehead atoms. The third kappa shape index (κ3) is 65.1. The number of aliphatic hydroxyl groups excluding tert-OH is 2. The average molecular weight is 1110 g/mol. The van der Waals surface area contributed by atoms with Gasteiger partial charge in [-0.2, -0.15) is 0 Å². The molecule has 0 saturated carbocycles. The Morgan fingerprint density at radius 3 is 0.987 bits per heavy atom. The maximum absolute atomic E-state index is 12.4. The lowest BCUT2D eigenvalue weighted by molar-refractivity contribution is -0.143. The summed E-state index contributed by atoms with van der Waals surface area (Å²) in [4.78, 5) is 24.5. The Balaban J connectivity index is 3.31. The summed E-state index contributed by atoms with van der Waals surface area (Å²) in [6, 6.07) is -0.536. The molecule has 0 aliphatic carbocycles. The first-order valence-corrected chi connectivity index (χ1v) is 35.7. The summed E-state index contributed by atoms with van der Waals surface area (Å²) >= 11 is 0. The van der Waals surface area contributed by atoms with Crippen LogP contribution in [0.15, 0.2) is 36.5 Å². The minimum atomic E-state index is -0.659. The van der Waals surface area contributed by atoms with E-state index in [-0.39, 0.29) is 18.5 Å². The maximum atomic E-state index is 12.4. The van der Waals surface area contributed by atoms with Crippen molar-refractivity contribution in [3.8, 4) is 0 Å². The molecule has 2 atom stereocenters. The molecule has 0 aliphatic heterocycles. The Hall–Kier alpha value is -1.92. The minimum Gasteiger partial charge on any atom is -0.466 e. The van der Waals surface area contributed by atoms with Crippen LogP contribution in [0.25, 0.3) is 0 Å². The summed E-state index contributed by atoms with van der Waals surface area (Å²) in [6.07, 6.45) is 87.9. The number of hydrogen-bond donors (Lipinski definition) is 3. The highest BCUT2D eigenvalue weighted by Crippen LogP contribution is 2.19. The Morgan fingerprint density at radius 2 is 0.633 bits per heavy atom. The van der Waals surface area contributed by atoms with Crippen molar-refractivity contribution in [3.05, 3.63) is 36.5 Å². The molecule has 6 heteroatoms. The fourth-order valence-electron chi connectivity index (χ4n) is 11.2. The van der Waals surface area contributed by atoms with Gasteiger partial charge in [0.2, 0.25) is 5.91 Å². The van der Waals surface area contributed by atoms with Gasteiger partial charge in [-0.1, -0.05) is 333 Å². The summed E-state index contributed by atoms with van der Waals surface area (Å²) in [7, 11) is 0. The predicted molar refractivity (Wildman–Crippen MR) is 347 cm³/mol. The zero-order chi connectivity index (χ0) is 57.1. The smallest absolute Gasteiger partial charge is 0.305 e. The number of nitrogens with one attached hydrogen (secondary N) is 1. The summed E-state index contributed by atoms with van der Waals surface area (Å²) in [6.45, 7) is 4.94. The molecule has 466 valence electrons. The molecule has 1 amide bonds. The zero-order valence-corrected chi connectivity index (χ0v) is 53.4. The van der Waals surface area contributed by atoms with Crippen molar-refractivity contribution in [2.75, 3.05) is 13.2 Å². The zero-order valence-electron chi connectivity index (χ0n) is 53.4. The fraction of sp³-hybridized carbons (Fsp3) is 0.890. The maximum Gasteiger partial charge on any atom is 0.305 e. The lowest BCUT2D eigenvalue weighted by Gasteiger charge is -2.22. The highest BCUT2D eigenvalue weighted by molar-refractivity contribution is 5.76. The molecule has 3 N–H and O–H groups in total. The molecule has 0 spiro atoms. The first kappa shape index (κ1) is 77.1. The number of hydrogen-bond acceptors (Lipinski definition) is 5. The number of ether oxygens (including phenoxy) is 1. The van der Waals surface area contributed by atoms with Crippen LogP contribution in [-0.4, -0.2) is 47.4 Å². The van der Waals surface area contributed by atoms with Gasteiger partial charge in [0.1, 0.15) is 0 Å². The quantitative estimate of drug-likeness (QED) is 0.0320. The SMILES string of the molecule is CCCCCC/C=C\C/C=C\CCCCCCCCCC(=O)OCCCCCCCCCCCCCCCC/C=C\CCCCCCCCCCCCCCCCCCCC(=O)NC(CO)C(O)CCCCCCCCCCC. The number of carbonyl (C=O) groups excluding carboxylic acids is 2. The number of unbranched alkanes of at least 4 members (excludes halogenated alkanes) is 50. The van der Waals surface area contributed by atoms with Crippen molar-refractivity contribution >= 4 is 11.9 Å². The van der Waals surface area contributed by atoms with Gasteiger partial charge in [0.25, 0.3) is 0 Å². The minimum absolute atomic E-state index is 0.0131. The Morgan fingerprint density at radius 1 is 0.354 bits per heavy atom. The molecule has 79 heavy (non-hydrogen) atoms. The van der Waals surface area contributed by atoms with Gasteiger partial charge >= 0.3 is 5.97 Å². The van der Waals surface area contributed by atoms with Crippen molar-refractivity contribution in [1.82, 2.24) is 5.32 Å². The van der Waals surface area contributed by atoms with Crippen LogP contribution in [0.5, 0.6) is 0 Å².